The fourth-order valence-corrected chi connectivity index (χ4v) is 4.12. The number of hydrogen-bond acceptors (Lipinski definition) is 8. The van der Waals surface area contributed by atoms with Crippen molar-refractivity contribution in [1.29, 1.82) is 0 Å². The van der Waals surface area contributed by atoms with Gasteiger partial charge in [-0.2, -0.15) is 10.1 Å². The Labute approximate surface area is 190 Å². The number of nitrogens with one attached hydrogen (secondary N) is 2. The minimum atomic E-state index is 0.485. The number of fused-ring (bicyclic) bond motifs is 2. The zero-order valence-corrected chi connectivity index (χ0v) is 18.5. The van der Waals surface area contributed by atoms with Gasteiger partial charge < -0.3 is 20.1 Å². The molecule has 6 rings (SSSR count). The summed E-state index contributed by atoms with van der Waals surface area (Å²) < 4.78 is 1.82. The van der Waals surface area contributed by atoms with Gasteiger partial charge in [-0.3, -0.25) is 0 Å². The highest BCUT2D eigenvalue weighted by atomic mass is 15.3. The zero-order valence-electron chi connectivity index (χ0n) is 18.5. The summed E-state index contributed by atoms with van der Waals surface area (Å²) in [5.41, 5.74) is 4.85. The molecule has 1 saturated heterocycles. The predicted molar refractivity (Wildman–Crippen MR) is 128 cm³/mol. The van der Waals surface area contributed by atoms with Crippen molar-refractivity contribution in [1.82, 2.24) is 39.4 Å². The van der Waals surface area contributed by atoms with Gasteiger partial charge in [0.1, 0.15) is 22.9 Å². The molecule has 0 spiro atoms. The Morgan fingerprint density at radius 3 is 2.64 bits per heavy atom. The number of hydrogen-bond donors (Lipinski definition) is 2. The van der Waals surface area contributed by atoms with E-state index in [4.69, 9.17) is 10.1 Å². The number of aryl methyl sites for hydroxylation is 1. The van der Waals surface area contributed by atoms with Gasteiger partial charge in [0.05, 0.1) is 23.8 Å². The van der Waals surface area contributed by atoms with Crippen molar-refractivity contribution in [2.24, 2.45) is 0 Å². The maximum Gasteiger partial charge on any atom is 0.229 e. The molecular weight excluding hydrogens is 416 g/mol. The molecule has 0 amide bonds. The van der Waals surface area contributed by atoms with Crippen LogP contribution in [0.4, 0.5) is 17.5 Å². The predicted octanol–water partition coefficient (Wildman–Crippen LogP) is 2.87. The lowest BCUT2D eigenvalue weighted by molar-refractivity contribution is 0.312. The molecule has 5 aromatic rings. The molecule has 0 unspecified atom stereocenters. The number of H-pyrrole nitrogens is 1. The summed E-state index contributed by atoms with van der Waals surface area (Å²) in [7, 11) is 2.15. The number of nitrogens with zero attached hydrogens (tertiary/aromatic N) is 8. The Morgan fingerprint density at radius 1 is 0.939 bits per heavy atom. The summed E-state index contributed by atoms with van der Waals surface area (Å²) in [6.45, 7) is 6.05. The first kappa shape index (κ1) is 19.6. The Hall–Kier alpha value is -4.05. The average Bonchev–Trinajstić information content (AvgIpc) is 3.46. The van der Waals surface area contributed by atoms with Crippen LogP contribution in [0.1, 0.15) is 5.69 Å². The van der Waals surface area contributed by atoms with Crippen LogP contribution in [0.15, 0.2) is 48.9 Å². The number of aromatic amines is 1. The van der Waals surface area contributed by atoms with Gasteiger partial charge in [-0.15, -0.1) is 0 Å². The molecule has 5 aromatic heterocycles. The van der Waals surface area contributed by atoms with Crippen LogP contribution in [-0.4, -0.2) is 72.7 Å². The molecular formula is C23H24N10. The van der Waals surface area contributed by atoms with E-state index in [9.17, 15) is 0 Å². The van der Waals surface area contributed by atoms with E-state index in [2.05, 4.69) is 42.1 Å². The molecule has 0 bridgehead atoms. The molecule has 1 aliphatic heterocycles. The minimum absolute atomic E-state index is 0.485. The Bertz CT molecular complexity index is 1430. The molecule has 10 heteroatoms. The number of likely N-dealkylation sites (N-methyl/N-ethyl adjacent to an activating group) is 1. The largest absolute Gasteiger partial charge is 0.354 e. The van der Waals surface area contributed by atoms with Gasteiger partial charge >= 0.3 is 0 Å². The van der Waals surface area contributed by atoms with Gasteiger partial charge in [0.25, 0.3) is 0 Å². The Kier molecular flexibility index (Phi) is 4.65. The molecule has 1 aliphatic rings. The first-order chi connectivity index (χ1) is 16.1. The van der Waals surface area contributed by atoms with Crippen molar-refractivity contribution in [3.8, 4) is 11.4 Å². The summed E-state index contributed by atoms with van der Waals surface area (Å²) in [6, 6.07) is 9.91. The lowest BCUT2D eigenvalue weighted by Crippen LogP contribution is -2.44. The van der Waals surface area contributed by atoms with E-state index < -0.39 is 0 Å². The highest BCUT2D eigenvalue weighted by molar-refractivity contribution is 5.90. The number of imidazole rings is 1. The van der Waals surface area contributed by atoms with Crippen LogP contribution in [0.3, 0.4) is 0 Å². The topological polar surface area (TPSA) is 103 Å². The standard InChI is InChI=1S/C23H24N10/c1-15-13-25-20-6-4-18(30-33(15)20)21-17-7-8-24-22(17)29-23(28-21)27-16-3-5-19(26-14-16)32-11-9-31(2)10-12-32/h3-8,13-14H,9-12H2,1-2H3,(H2,24,27,28,29). The van der Waals surface area contributed by atoms with E-state index in [-0.39, 0.29) is 0 Å². The molecule has 33 heavy (non-hydrogen) atoms. The summed E-state index contributed by atoms with van der Waals surface area (Å²) in [6.07, 6.45) is 5.50. The lowest BCUT2D eigenvalue weighted by Gasteiger charge is -2.33. The number of piperazine rings is 1. The van der Waals surface area contributed by atoms with Crippen LogP contribution in [0.5, 0.6) is 0 Å². The summed E-state index contributed by atoms with van der Waals surface area (Å²) >= 11 is 0. The molecule has 10 nitrogen and oxygen atoms in total. The van der Waals surface area contributed by atoms with Crippen molar-refractivity contribution in [3.05, 3.63) is 54.6 Å². The molecule has 2 N–H and O–H groups in total. The second kappa shape index (κ2) is 7.82. The quantitative estimate of drug-likeness (QED) is 0.440. The highest BCUT2D eigenvalue weighted by Gasteiger charge is 2.16. The maximum absolute atomic E-state index is 4.80. The van der Waals surface area contributed by atoms with Gasteiger partial charge in [0.15, 0.2) is 5.65 Å². The molecule has 0 aromatic carbocycles. The van der Waals surface area contributed by atoms with Crippen molar-refractivity contribution in [2.75, 3.05) is 43.4 Å². The smallest absolute Gasteiger partial charge is 0.229 e. The van der Waals surface area contributed by atoms with E-state index in [1.165, 1.54) is 0 Å². The minimum Gasteiger partial charge on any atom is -0.354 e. The van der Waals surface area contributed by atoms with E-state index in [0.29, 0.717) is 5.95 Å². The summed E-state index contributed by atoms with van der Waals surface area (Å²) in [5, 5.41) is 8.96. The van der Waals surface area contributed by atoms with Gasteiger partial charge in [-0.1, -0.05) is 0 Å². The Morgan fingerprint density at radius 2 is 1.82 bits per heavy atom. The van der Waals surface area contributed by atoms with Crippen LogP contribution < -0.4 is 10.2 Å². The van der Waals surface area contributed by atoms with Gasteiger partial charge in [-0.05, 0) is 44.3 Å². The van der Waals surface area contributed by atoms with E-state index in [1.807, 2.05) is 60.4 Å². The van der Waals surface area contributed by atoms with Crippen LogP contribution in [0, 0.1) is 6.92 Å². The molecule has 0 aliphatic carbocycles. The Balaban J connectivity index is 1.31. The maximum atomic E-state index is 4.80. The van der Waals surface area contributed by atoms with Crippen LogP contribution in [0.25, 0.3) is 28.1 Å². The third-order valence-electron chi connectivity index (χ3n) is 6.02. The van der Waals surface area contributed by atoms with Gasteiger partial charge in [-0.25, -0.2) is 19.5 Å². The fraction of sp³-hybridized carbons (Fsp3) is 0.261. The van der Waals surface area contributed by atoms with Crippen LogP contribution in [-0.2, 0) is 0 Å². The summed E-state index contributed by atoms with van der Waals surface area (Å²) in [5.74, 6) is 1.47. The number of anilines is 3. The van der Waals surface area contributed by atoms with Gasteiger partial charge in [0, 0.05) is 37.8 Å². The van der Waals surface area contributed by atoms with E-state index >= 15 is 0 Å². The van der Waals surface area contributed by atoms with E-state index in [1.54, 1.807) is 0 Å². The molecule has 0 radical (unpaired) electrons. The summed E-state index contributed by atoms with van der Waals surface area (Å²) in [4.78, 5) is 26.3. The number of pyridine rings is 1. The molecule has 0 saturated carbocycles. The van der Waals surface area contributed by atoms with Crippen molar-refractivity contribution in [3.63, 3.8) is 0 Å². The average molecular weight is 441 g/mol. The second-order valence-electron chi connectivity index (χ2n) is 8.34. The fourth-order valence-electron chi connectivity index (χ4n) is 4.12. The monoisotopic (exact) mass is 440 g/mol. The first-order valence-electron chi connectivity index (χ1n) is 11.0. The zero-order chi connectivity index (χ0) is 22.4. The highest BCUT2D eigenvalue weighted by Crippen LogP contribution is 2.27. The van der Waals surface area contributed by atoms with Crippen LogP contribution >= 0.6 is 0 Å². The molecule has 166 valence electrons. The normalized spacial score (nSPS) is 14.9. The van der Waals surface area contributed by atoms with E-state index in [0.717, 1.165) is 71.4 Å². The third kappa shape index (κ3) is 3.64. The van der Waals surface area contributed by atoms with Crippen LogP contribution in [0.2, 0.25) is 0 Å². The number of aromatic nitrogens is 7. The molecule has 0 atom stereocenters. The molecule has 6 heterocycles. The lowest BCUT2D eigenvalue weighted by atomic mass is 10.2. The van der Waals surface area contributed by atoms with Crippen molar-refractivity contribution < 1.29 is 0 Å². The second-order valence-corrected chi connectivity index (χ2v) is 8.34. The first-order valence-corrected chi connectivity index (χ1v) is 11.0. The third-order valence-corrected chi connectivity index (χ3v) is 6.02. The number of rotatable bonds is 4. The van der Waals surface area contributed by atoms with Crippen molar-refractivity contribution >= 4 is 34.1 Å². The SMILES string of the molecule is Cc1cnc2ccc(-c3nc(Nc4ccc(N5CCN(C)CC5)nc4)nc4[nH]ccc34)nn12. The molecule has 1 fully saturated rings. The van der Waals surface area contributed by atoms with Crippen molar-refractivity contribution in [2.45, 2.75) is 6.92 Å². The van der Waals surface area contributed by atoms with Gasteiger partial charge in [0.2, 0.25) is 5.95 Å².